The molecule has 0 radical (unpaired) electrons. The molecule has 0 aromatic heterocycles. The van der Waals surface area contributed by atoms with Crippen LogP contribution in [0.4, 0.5) is 10.5 Å². The minimum absolute atomic E-state index is 0.368. The van der Waals surface area contributed by atoms with Gasteiger partial charge in [-0.2, -0.15) is 0 Å². The van der Waals surface area contributed by atoms with Crippen LogP contribution in [0.5, 0.6) is 0 Å². The van der Waals surface area contributed by atoms with E-state index in [4.69, 9.17) is 0 Å². The zero-order valence-corrected chi connectivity index (χ0v) is 18.3. The Labute approximate surface area is 186 Å². The van der Waals surface area contributed by atoms with Crippen molar-refractivity contribution in [3.05, 3.63) is 65.7 Å². The Hall–Kier alpha value is -3.88. The molecule has 168 valence electrons. The zero-order valence-electron chi connectivity index (χ0n) is 18.3. The van der Waals surface area contributed by atoms with E-state index in [0.717, 1.165) is 23.7 Å². The number of nitrogens with zero attached hydrogens (tertiary/aromatic N) is 2. The molecular formula is C23H27N5O4. The third-order valence-electron chi connectivity index (χ3n) is 5.50. The van der Waals surface area contributed by atoms with Gasteiger partial charge in [-0.25, -0.2) is 4.79 Å². The molecule has 2 aromatic rings. The van der Waals surface area contributed by atoms with Gasteiger partial charge in [0.15, 0.2) is 0 Å². The van der Waals surface area contributed by atoms with Crippen molar-refractivity contribution < 1.29 is 19.2 Å². The van der Waals surface area contributed by atoms with Gasteiger partial charge in [0.1, 0.15) is 12.1 Å². The summed E-state index contributed by atoms with van der Waals surface area (Å²) in [5, 5.41) is 2.63. The molecule has 3 N–H and O–H groups in total. The largest absolute Gasteiger partial charge is 0.372 e. The number of carbonyl (C=O) groups excluding carboxylic acids is 4. The normalized spacial score (nSPS) is 17.7. The Balaban J connectivity index is 1.57. The summed E-state index contributed by atoms with van der Waals surface area (Å²) in [6.07, 6.45) is 0. The first-order valence-electron chi connectivity index (χ1n) is 10.4. The number of anilines is 1. The third-order valence-corrected chi connectivity index (χ3v) is 5.50. The topological polar surface area (TPSA) is 111 Å². The van der Waals surface area contributed by atoms with E-state index in [2.05, 4.69) is 21.1 Å². The molecule has 5 amide bonds. The monoisotopic (exact) mass is 437 g/mol. The van der Waals surface area contributed by atoms with Gasteiger partial charge in [-0.05, 0) is 50.6 Å². The van der Waals surface area contributed by atoms with Gasteiger partial charge in [0, 0.05) is 24.3 Å². The van der Waals surface area contributed by atoms with Crippen molar-refractivity contribution in [2.75, 3.05) is 24.5 Å². The first-order chi connectivity index (χ1) is 15.3. The van der Waals surface area contributed by atoms with Crippen molar-refractivity contribution in [1.82, 2.24) is 21.1 Å². The van der Waals surface area contributed by atoms with Gasteiger partial charge in [-0.1, -0.05) is 30.3 Å². The number of benzene rings is 2. The molecule has 1 aliphatic heterocycles. The molecule has 1 fully saturated rings. The number of rotatable bonds is 7. The standard InChI is InChI=1S/C23H27N5O4/c1-4-27(5-2)18-13-11-16(12-14-18)20(30)26-25-19(29)15-28-21(31)23(3,24-22(28)32)17-9-7-6-8-10-17/h6-14H,4-5,15H2,1-3H3,(H,24,32)(H,25,29)(H,26,30). The molecule has 1 aliphatic rings. The number of amides is 5. The minimum atomic E-state index is -1.26. The molecular weight excluding hydrogens is 410 g/mol. The van der Waals surface area contributed by atoms with Crippen LogP contribution in [0.3, 0.4) is 0 Å². The molecule has 0 saturated carbocycles. The van der Waals surface area contributed by atoms with Crippen LogP contribution in [0.2, 0.25) is 0 Å². The Morgan fingerprint density at radius 2 is 1.59 bits per heavy atom. The summed E-state index contributed by atoms with van der Waals surface area (Å²) in [6, 6.07) is 15.1. The average molecular weight is 438 g/mol. The molecule has 0 bridgehead atoms. The van der Waals surface area contributed by atoms with E-state index < -0.39 is 35.8 Å². The van der Waals surface area contributed by atoms with Crippen LogP contribution in [0.1, 0.15) is 36.7 Å². The molecule has 32 heavy (non-hydrogen) atoms. The van der Waals surface area contributed by atoms with Gasteiger partial charge in [-0.3, -0.25) is 30.1 Å². The van der Waals surface area contributed by atoms with Gasteiger partial charge < -0.3 is 10.2 Å². The summed E-state index contributed by atoms with van der Waals surface area (Å²) in [5.74, 6) is -1.74. The van der Waals surface area contributed by atoms with Crippen LogP contribution in [0, 0.1) is 0 Å². The lowest BCUT2D eigenvalue weighted by molar-refractivity contribution is -0.135. The molecule has 3 rings (SSSR count). The number of urea groups is 1. The van der Waals surface area contributed by atoms with E-state index >= 15 is 0 Å². The second-order valence-electron chi connectivity index (χ2n) is 7.53. The lowest BCUT2D eigenvalue weighted by Crippen LogP contribution is -2.48. The number of imide groups is 1. The smallest absolute Gasteiger partial charge is 0.325 e. The van der Waals surface area contributed by atoms with Crippen molar-refractivity contribution in [2.45, 2.75) is 26.3 Å². The number of nitrogens with one attached hydrogen (secondary N) is 3. The summed E-state index contributed by atoms with van der Waals surface area (Å²) < 4.78 is 0. The molecule has 0 aliphatic carbocycles. The van der Waals surface area contributed by atoms with Gasteiger partial charge in [0.25, 0.3) is 17.7 Å². The van der Waals surface area contributed by atoms with Crippen molar-refractivity contribution in [3.8, 4) is 0 Å². The molecule has 1 unspecified atom stereocenters. The average Bonchev–Trinajstić information content (AvgIpc) is 3.03. The van der Waals surface area contributed by atoms with Crippen LogP contribution in [-0.2, 0) is 15.1 Å². The van der Waals surface area contributed by atoms with Gasteiger partial charge in [-0.15, -0.1) is 0 Å². The highest BCUT2D eigenvalue weighted by Crippen LogP contribution is 2.28. The van der Waals surface area contributed by atoms with E-state index in [1.165, 1.54) is 0 Å². The van der Waals surface area contributed by atoms with E-state index in [-0.39, 0.29) is 0 Å². The van der Waals surface area contributed by atoms with Gasteiger partial charge >= 0.3 is 6.03 Å². The highest BCUT2D eigenvalue weighted by Gasteiger charge is 2.49. The lowest BCUT2D eigenvalue weighted by atomic mass is 9.92. The van der Waals surface area contributed by atoms with E-state index in [1.54, 1.807) is 49.4 Å². The van der Waals surface area contributed by atoms with Crippen LogP contribution in [0.15, 0.2) is 54.6 Å². The second-order valence-corrected chi connectivity index (χ2v) is 7.53. The van der Waals surface area contributed by atoms with E-state index in [9.17, 15) is 19.2 Å². The fourth-order valence-corrected chi connectivity index (χ4v) is 3.60. The summed E-state index contributed by atoms with van der Waals surface area (Å²) in [6.45, 7) is 6.87. The Morgan fingerprint density at radius 1 is 0.969 bits per heavy atom. The Kier molecular flexibility index (Phi) is 6.77. The van der Waals surface area contributed by atoms with E-state index in [0.29, 0.717) is 11.1 Å². The second kappa shape index (κ2) is 9.51. The maximum atomic E-state index is 12.8. The lowest BCUT2D eigenvalue weighted by Gasteiger charge is -2.22. The number of carbonyl (C=O) groups is 4. The summed E-state index contributed by atoms with van der Waals surface area (Å²) >= 11 is 0. The Morgan fingerprint density at radius 3 is 2.19 bits per heavy atom. The van der Waals surface area contributed by atoms with Gasteiger partial charge in [0.05, 0.1) is 0 Å². The maximum absolute atomic E-state index is 12.8. The summed E-state index contributed by atoms with van der Waals surface area (Å²) in [7, 11) is 0. The van der Waals surface area contributed by atoms with Crippen LogP contribution >= 0.6 is 0 Å². The quantitative estimate of drug-likeness (QED) is 0.452. The first kappa shape index (κ1) is 22.8. The molecule has 1 saturated heterocycles. The van der Waals surface area contributed by atoms with E-state index in [1.807, 2.05) is 26.0 Å². The number of hydrazine groups is 1. The molecule has 1 atom stereocenters. The summed E-state index contributed by atoms with van der Waals surface area (Å²) in [4.78, 5) is 52.8. The predicted molar refractivity (Wildman–Crippen MR) is 120 cm³/mol. The first-order valence-corrected chi connectivity index (χ1v) is 10.4. The molecule has 9 heteroatoms. The van der Waals surface area contributed by atoms with Crippen molar-refractivity contribution >= 4 is 29.4 Å². The predicted octanol–water partition coefficient (Wildman–Crippen LogP) is 1.76. The molecule has 1 heterocycles. The van der Waals surface area contributed by atoms with Gasteiger partial charge in [0.2, 0.25) is 0 Å². The van der Waals surface area contributed by atoms with Crippen molar-refractivity contribution in [1.29, 1.82) is 0 Å². The summed E-state index contributed by atoms with van der Waals surface area (Å²) in [5.41, 5.74) is 5.29. The molecule has 9 nitrogen and oxygen atoms in total. The fraction of sp³-hybridized carbons (Fsp3) is 0.304. The molecule has 2 aromatic carbocycles. The number of hydrogen-bond acceptors (Lipinski definition) is 5. The Bertz CT molecular complexity index is 1000. The van der Waals surface area contributed by atoms with Crippen LogP contribution in [-0.4, -0.2) is 48.3 Å². The SMILES string of the molecule is CCN(CC)c1ccc(C(=O)NNC(=O)CN2C(=O)NC(C)(c3ccccc3)C2=O)cc1. The minimum Gasteiger partial charge on any atom is -0.372 e. The van der Waals surface area contributed by atoms with Crippen LogP contribution in [0.25, 0.3) is 0 Å². The highest BCUT2D eigenvalue weighted by molar-refractivity contribution is 6.09. The third kappa shape index (κ3) is 4.56. The zero-order chi connectivity index (χ0) is 23.3. The van der Waals surface area contributed by atoms with Crippen molar-refractivity contribution in [3.63, 3.8) is 0 Å². The fourth-order valence-electron chi connectivity index (χ4n) is 3.60. The van der Waals surface area contributed by atoms with Crippen LogP contribution < -0.4 is 21.1 Å². The number of hydrogen-bond donors (Lipinski definition) is 3. The molecule has 0 spiro atoms. The maximum Gasteiger partial charge on any atom is 0.325 e. The highest BCUT2D eigenvalue weighted by atomic mass is 16.2. The van der Waals surface area contributed by atoms with Crippen molar-refractivity contribution in [2.24, 2.45) is 0 Å².